The minimum Gasteiger partial charge on any atom is -0.355 e. The minimum absolute atomic E-state index is 0.831. The molecule has 3 nitrogen and oxygen atoms in total. The van der Waals surface area contributed by atoms with Crippen LogP contribution in [0.1, 0.15) is 32.4 Å². The summed E-state index contributed by atoms with van der Waals surface area (Å²) in [7, 11) is 0. The van der Waals surface area contributed by atoms with Crippen LogP contribution in [0.4, 0.5) is 5.82 Å². The van der Waals surface area contributed by atoms with E-state index >= 15 is 0 Å². The average molecular weight is 310 g/mol. The van der Waals surface area contributed by atoms with Gasteiger partial charge in [-0.2, -0.15) is 0 Å². The Morgan fingerprint density at radius 1 is 1.22 bits per heavy atom. The van der Waals surface area contributed by atoms with Crippen molar-refractivity contribution in [2.75, 3.05) is 18.0 Å². The first kappa shape index (κ1) is 13.4. The molecule has 2 rings (SSSR count). The molecule has 0 amide bonds. The van der Waals surface area contributed by atoms with Gasteiger partial charge in [0.2, 0.25) is 0 Å². The molecule has 18 heavy (non-hydrogen) atoms. The topological polar surface area (TPSA) is 20.5 Å². The number of pyridine rings is 1. The highest BCUT2D eigenvalue weighted by Crippen LogP contribution is 2.24. The van der Waals surface area contributed by atoms with Crippen LogP contribution in [-0.4, -0.2) is 22.5 Å². The Kier molecular flexibility index (Phi) is 4.64. The largest absolute Gasteiger partial charge is 0.355 e. The van der Waals surface area contributed by atoms with Crippen molar-refractivity contribution in [2.45, 2.75) is 32.0 Å². The zero-order valence-corrected chi connectivity index (χ0v) is 12.7. The van der Waals surface area contributed by atoms with Crippen LogP contribution in [0.25, 0.3) is 5.65 Å². The summed E-state index contributed by atoms with van der Waals surface area (Å²) >= 11 is 3.59. The highest BCUT2D eigenvalue weighted by atomic mass is 79.9. The predicted molar refractivity (Wildman–Crippen MR) is 80.6 cm³/mol. The average Bonchev–Trinajstić information content (AvgIpc) is 2.76. The normalized spacial score (nSPS) is 11.1. The van der Waals surface area contributed by atoms with E-state index in [1.54, 1.807) is 0 Å². The molecule has 0 bridgehead atoms. The molecule has 0 spiro atoms. The maximum Gasteiger partial charge on any atom is 0.152 e. The van der Waals surface area contributed by atoms with Crippen LogP contribution in [0.3, 0.4) is 0 Å². The van der Waals surface area contributed by atoms with Crippen molar-refractivity contribution in [1.29, 1.82) is 0 Å². The molecule has 0 aliphatic heterocycles. The van der Waals surface area contributed by atoms with Crippen molar-refractivity contribution >= 4 is 27.4 Å². The molecule has 98 valence electrons. The van der Waals surface area contributed by atoms with E-state index in [0.29, 0.717) is 0 Å². The Hall–Kier alpha value is -1.03. The molecule has 0 unspecified atom stereocenters. The second-order valence-corrected chi connectivity index (χ2v) is 4.99. The highest BCUT2D eigenvalue weighted by molar-refractivity contribution is 9.08. The van der Waals surface area contributed by atoms with Crippen molar-refractivity contribution in [3.8, 4) is 0 Å². The number of alkyl halides is 1. The maximum absolute atomic E-state index is 4.78. The number of aromatic nitrogens is 2. The lowest BCUT2D eigenvalue weighted by molar-refractivity contribution is 0.733. The second-order valence-electron chi connectivity index (χ2n) is 4.43. The number of anilines is 1. The molecule has 2 heterocycles. The molecule has 0 aliphatic carbocycles. The fraction of sp³-hybridized carbons (Fsp3) is 0.500. The number of hydrogen-bond acceptors (Lipinski definition) is 2. The van der Waals surface area contributed by atoms with Gasteiger partial charge in [0.05, 0.1) is 5.69 Å². The van der Waals surface area contributed by atoms with Crippen LogP contribution in [-0.2, 0) is 5.33 Å². The lowest BCUT2D eigenvalue weighted by atomic mass is 10.3. The summed E-state index contributed by atoms with van der Waals surface area (Å²) in [4.78, 5) is 7.17. The number of rotatable bonds is 6. The zero-order valence-electron chi connectivity index (χ0n) is 11.1. The third-order valence-electron chi connectivity index (χ3n) is 3.02. The second kappa shape index (κ2) is 6.23. The van der Waals surface area contributed by atoms with Crippen molar-refractivity contribution < 1.29 is 0 Å². The van der Waals surface area contributed by atoms with Crippen LogP contribution in [0, 0.1) is 0 Å². The van der Waals surface area contributed by atoms with Gasteiger partial charge in [-0.1, -0.05) is 35.8 Å². The zero-order chi connectivity index (χ0) is 13.0. The molecule has 0 saturated carbocycles. The predicted octanol–water partition coefficient (Wildman–Crippen LogP) is 3.86. The summed E-state index contributed by atoms with van der Waals surface area (Å²) in [5, 5.41) is 0.831. The SMILES string of the molecule is CCCN(CCC)c1nc2ccccn2c1CBr. The van der Waals surface area contributed by atoms with Crippen LogP contribution < -0.4 is 4.90 Å². The summed E-state index contributed by atoms with van der Waals surface area (Å²) in [6.07, 6.45) is 4.38. The molecule has 0 aromatic carbocycles. The van der Waals surface area contributed by atoms with Gasteiger partial charge in [0, 0.05) is 24.6 Å². The minimum atomic E-state index is 0.831. The first-order chi connectivity index (χ1) is 8.81. The first-order valence-electron chi connectivity index (χ1n) is 6.58. The van der Waals surface area contributed by atoms with Gasteiger partial charge < -0.3 is 9.30 Å². The van der Waals surface area contributed by atoms with Gasteiger partial charge in [-0.25, -0.2) is 4.98 Å². The van der Waals surface area contributed by atoms with Crippen molar-refractivity contribution in [2.24, 2.45) is 0 Å². The molecule has 0 aliphatic rings. The Morgan fingerprint density at radius 3 is 2.56 bits per heavy atom. The lowest BCUT2D eigenvalue weighted by Crippen LogP contribution is -2.26. The van der Waals surface area contributed by atoms with E-state index < -0.39 is 0 Å². The van der Waals surface area contributed by atoms with Gasteiger partial charge in [0.1, 0.15) is 5.65 Å². The molecule has 0 fully saturated rings. The van der Waals surface area contributed by atoms with E-state index in [4.69, 9.17) is 4.98 Å². The van der Waals surface area contributed by atoms with Crippen LogP contribution >= 0.6 is 15.9 Å². The van der Waals surface area contributed by atoms with Gasteiger partial charge in [-0.05, 0) is 25.0 Å². The molecular formula is C14H20BrN3. The van der Waals surface area contributed by atoms with Crippen LogP contribution in [0.5, 0.6) is 0 Å². The molecule has 0 atom stereocenters. The van der Waals surface area contributed by atoms with Gasteiger partial charge >= 0.3 is 0 Å². The molecule has 2 aromatic rings. The number of halogens is 1. The molecular weight excluding hydrogens is 290 g/mol. The third kappa shape index (κ3) is 2.53. The number of nitrogens with zero attached hydrogens (tertiary/aromatic N) is 3. The monoisotopic (exact) mass is 309 g/mol. The number of imidazole rings is 1. The van der Waals surface area contributed by atoms with E-state index in [2.05, 4.69) is 57.4 Å². The van der Waals surface area contributed by atoms with Gasteiger partial charge in [-0.15, -0.1) is 0 Å². The van der Waals surface area contributed by atoms with E-state index in [9.17, 15) is 0 Å². The molecule has 0 radical (unpaired) electrons. The first-order valence-corrected chi connectivity index (χ1v) is 7.70. The summed E-state index contributed by atoms with van der Waals surface area (Å²) in [6, 6.07) is 6.15. The Morgan fingerprint density at radius 2 is 1.94 bits per heavy atom. The standard InChI is InChI=1S/C14H20BrN3/c1-3-8-17(9-4-2)14-12(11-15)18-10-6-5-7-13(18)16-14/h5-7,10H,3-4,8-9,11H2,1-2H3. The van der Waals surface area contributed by atoms with Crippen molar-refractivity contribution in [3.05, 3.63) is 30.1 Å². The number of hydrogen-bond donors (Lipinski definition) is 0. The Balaban J connectivity index is 2.47. The fourth-order valence-electron chi connectivity index (χ4n) is 2.28. The highest BCUT2D eigenvalue weighted by Gasteiger charge is 2.16. The Bertz CT molecular complexity index is 501. The van der Waals surface area contributed by atoms with E-state index in [1.807, 2.05) is 6.07 Å². The lowest BCUT2D eigenvalue weighted by Gasteiger charge is -2.22. The quantitative estimate of drug-likeness (QED) is 0.755. The summed E-state index contributed by atoms with van der Waals surface area (Å²) in [6.45, 7) is 6.56. The molecule has 0 saturated heterocycles. The van der Waals surface area contributed by atoms with Crippen molar-refractivity contribution in [1.82, 2.24) is 9.38 Å². The smallest absolute Gasteiger partial charge is 0.152 e. The molecule has 2 aromatic heterocycles. The van der Waals surface area contributed by atoms with Gasteiger partial charge in [-0.3, -0.25) is 0 Å². The molecule has 0 N–H and O–H groups in total. The van der Waals surface area contributed by atoms with Crippen LogP contribution in [0.15, 0.2) is 24.4 Å². The molecule has 4 heteroatoms. The van der Waals surface area contributed by atoms with E-state index in [0.717, 1.165) is 42.7 Å². The van der Waals surface area contributed by atoms with Crippen molar-refractivity contribution in [3.63, 3.8) is 0 Å². The Labute approximate surface area is 117 Å². The number of fused-ring (bicyclic) bond motifs is 1. The van der Waals surface area contributed by atoms with E-state index in [1.165, 1.54) is 5.69 Å². The van der Waals surface area contributed by atoms with Gasteiger partial charge in [0.25, 0.3) is 0 Å². The van der Waals surface area contributed by atoms with Crippen LogP contribution in [0.2, 0.25) is 0 Å². The summed E-state index contributed by atoms with van der Waals surface area (Å²) in [5.41, 5.74) is 2.27. The fourth-order valence-corrected chi connectivity index (χ4v) is 2.80. The summed E-state index contributed by atoms with van der Waals surface area (Å²) in [5.74, 6) is 1.13. The maximum atomic E-state index is 4.78. The summed E-state index contributed by atoms with van der Waals surface area (Å²) < 4.78 is 2.17. The van der Waals surface area contributed by atoms with Gasteiger partial charge in [0.15, 0.2) is 5.82 Å². The van der Waals surface area contributed by atoms with E-state index in [-0.39, 0.29) is 0 Å². The third-order valence-corrected chi connectivity index (χ3v) is 3.55.